The summed E-state index contributed by atoms with van der Waals surface area (Å²) in [5.41, 5.74) is -0.253. The molecule has 0 saturated carbocycles. The molecule has 8 nitrogen and oxygen atoms in total. The van der Waals surface area contributed by atoms with Gasteiger partial charge >= 0.3 is 5.69 Å². The van der Waals surface area contributed by atoms with Gasteiger partial charge in [-0.2, -0.15) is 4.98 Å². The number of aromatic nitrogens is 2. The fourth-order valence-electron chi connectivity index (χ4n) is 1.24. The van der Waals surface area contributed by atoms with Crippen LogP contribution in [0.4, 0.5) is 11.5 Å². The molecule has 0 aromatic carbocycles. The maximum absolute atomic E-state index is 10.9. The van der Waals surface area contributed by atoms with Crippen molar-refractivity contribution in [1.29, 1.82) is 0 Å². The second-order valence-electron chi connectivity index (χ2n) is 3.16. The maximum Gasteiger partial charge on any atom is 0.372 e. The molecule has 1 saturated heterocycles. The average Bonchev–Trinajstić information content (AvgIpc) is 2.22. The Kier molecular flexibility index (Phi) is 2.82. The molecule has 0 unspecified atom stereocenters. The van der Waals surface area contributed by atoms with Gasteiger partial charge in [0.2, 0.25) is 5.82 Å². The highest BCUT2D eigenvalue weighted by molar-refractivity contribution is 5.60. The molecule has 16 heavy (non-hydrogen) atoms. The molecule has 2 heterocycles. The van der Waals surface area contributed by atoms with Crippen molar-refractivity contribution in [3.63, 3.8) is 0 Å². The van der Waals surface area contributed by atoms with Crippen molar-refractivity contribution in [1.82, 2.24) is 9.97 Å². The standard InChI is InChI=1S/C8H10N4O4/c1-9-7-6(12(13)14)8(11-4-10-7)16-5-2-15-3-5/h4-5H,2-3H2,1H3,(H,9,10,11). The van der Waals surface area contributed by atoms with Gasteiger partial charge in [0.1, 0.15) is 12.4 Å². The molecule has 1 fully saturated rings. The van der Waals surface area contributed by atoms with Gasteiger partial charge in [-0.3, -0.25) is 10.1 Å². The van der Waals surface area contributed by atoms with E-state index < -0.39 is 4.92 Å². The summed E-state index contributed by atoms with van der Waals surface area (Å²) in [6.45, 7) is 0.853. The van der Waals surface area contributed by atoms with Gasteiger partial charge < -0.3 is 14.8 Å². The molecule has 1 aromatic rings. The van der Waals surface area contributed by atoms with Gasteiger partial charge in [-0.15, -0.1) is 0 Å². The fraction of sp³-hybridized carbons (Fsp3) is 0.500. The molecule has 1 aliphatic rings. The van der Waals surface area contributed by atoms with Crippen molar-refractivity contribution in [2.45, 2.75) is 6.10 Å². The monoisotopic (exact) mass is 226 g/mol. The summed E-state index contributed by atoms with van der Waals surface area (Å²) in [6, 6.07) is 0. The first-order chi connectivity index (χ1) is 7.72. The smallest absolute Gasteiger partial charge is 0.372 e. The number of ether oxygens (including phenoxy) is 2. The van der Waals surface area contributed by atoms with Crippen molar-refractivity contribution in [3.05, 3.63) is 16.4 Å². The average molecular weight is 226 g/mol. The summed E-state index contributed by atoms with van der Waals surface area (Å²) in [5, 5.41) is 13.5. The molecule has 0 aliphatic carbocycles. The topological polar surface area (TPSA) is 99.4 Å². The molecule has 0 amide bonds. The Morgan fingerprint density at radius 2 is 2.38 bits per heavy atom. The van der Waals surface area contributed by atoms with Gasteiger partial charge in [0.05, 0.1) is 18.1 Å². The maximum atomic E-state index is 10.9. The minimum absolute atomic E-state index is 0.0300. The Balaban J connectivity index is 2.30. The first kappa shape index (κ1) is 10.6. The summed E-state index contributed by atoms with van der Waals surface area (Å²) < 4.78 is 10.2. The second kappa shape index (κ2) is 4.27. The molecule has 1 aliphatic heterocycles. The van der Waals surface area contributed by atoms with Crippen LogP contribution in [0.25, 0.3) is 0 Å². The lowest BCUT2D eigenvalue weighted by Gasteiger charge is -2.25. The molecule has 1 aromatic heterocycles. The summed E-state index contributed by atoms with van der Waals surface area (Å²) in [7, 11) is 1.55. The predicted molar refractivity (Wildman–Crippen MR) is 53.5 cm³/mol. The van der Waals surface area contributed by atoms with E-state index in [2.05, 4.69) is 15.3 Å². The van der Waals surface area contributed by atoms with Crippen LogP contribution < -0.4 is 10.1 Å². The summed E-state index contributed by atoms with van der Waals surface area (Å²) in [6.07, 6.45) is 1.05. The predicted octanol–water partition coefficient (Wildman–Crippen LogP) is 0.204. The van der Waals surface area contributed by atoms with Gasteiger partial charge in [0, 0.05) is 7.05 Å². The van der Waals surface area contributed by atoms with Crippen LogP contribution in [0.15, 0.2) is 6.33 Å². The Hall–Kier alpha value is -1.96. The van der Waals surface area contributed by atoms with Crippen LogP contribution in [0.2, 0.25) is 0 Å². The molecule has 0 radical (unpaired) electrons. The summed E-state index contributed by atoms with van der Waals surface area (Å²) >= 11 is 0. The minimum Gasteiger partial charge on any atom is -0.464 e. The normalized spacial score (nSPS) is 15.3. The van der Waals surface area contributed by atoms with Crippen molar-refractivity contribution in [2.24, 2.45) is 0 Å². The van der Waals surface area contributed by atoms with E-state index in [1.807, 2.05) is 0 Å². The van der Waals surface area contributed by atoms with E-state index >= 15 is 0 Å². The number of rotatable bonds is 4. The van der Waals surface area contributed by atoms with Crippen molar-refractivity contribution >= 4 is 11.5 Å². The molecule has 0 bridgehead atoms. The first-order valence-corrected chi connectivity index (χ1v) is 4.64. The molecule has 0 atom stereocenters. The number of hydrogen-bond acceptors (Lipinski definition) is 7. The van der Waals surface area contributed by atoms with Crippen molar-refractivity contribution < 1.29 is 14.4 Å². The van der Waals surface area contributed by atoms with Gasteiger partial charge in [0.25, 0.3) is 5.88 Å². The van der Waals surface area contributed by atoms with E-state index in [9.17, 15) is 10.1 Å². The highest BCUT2D eigenvalue weighted by Gasteiger charge is 2.28. The van der Waals surface area contributed by atoms with E-state index in [-0.39, 0.29) is 23.5 Å². The number of nitro groups is 1. The zero-order chi connectivity index (χ0) is 11.5. The summed E-state index contributed by atoms with van der Waals surface area (Å²) in [4.78, 5) is 17.8. The zero-order valence-electron chi connectivity index (χ0n) is 8.54. The number of hydrogen-bond donors (Lipinski definition) is 1. The highest BCUT2D eigenvalue weighted by Crippen LogP contribution is 2.31. The van der Waals surface area contributed by atoms with E-state index in [4.69, 9.17) is 9.47 Å². The zero-order valence-corrected chi connectivity index (χ0v) is 8.54. The Labute approximate surface area is 90.8 Å². The van der Waals surface area contributed by atoms with Gasteiger partial charge in [0.15, 0.2) is 0 Å². The first-order valence-electron chi connectivity index (χ1n) is 4.64. The Morgan fingerprint density at radius 1 is 1.62 bits per heavy atom. The molecule has 2 rings (SSSR count). The molecule has 1 N–H and O–H groups in total. The van der Waals surface area contributed by atoms with E-state index in [1.165, 1.54) is 6.33 Å². The van der Waals surface area contributed by atoms with Gasteiger partial charge in [-0.25, -0.2) is 4.98 Å². The third-order valence-electron chi connectivity index (χ3n) is 2.09. The molecule has 0 spiro atoms. The molecular weight excluding hydrogens is 216 g/mol. The van der Waals surface area contributed by atoms with Crippen LogP contribution in [0.3, 0.4) is 0 Å². The van der Waals surface area contributed by atoms with Crippen LogP contribution in [-0.4, -0.2) is 41.3 Å². The number of nitrogens with one attached hydrogen (secondary N) is 1. The Bertz CT molecular complexity index is 407. The molecule has 8 heteroatoms. The SMILES string of the molecule is CNc1ncnc(OC2COC2)c1[N+](=O)[O-]. The van der Waals surface area contributed by atoms with E-state index in [0.29, 0.717) is 13.2 Å². The third kappa shape index (κ3) is 1.87. The van der Waals surface area contributed by atoms with Crippen LogP contribution in [0.1, 0.15) is 0 Å². The van der Waals surface area contributed by atoms with Crippen LogP contribution in [-0.2, 0) is 4.74 Å². The van der Waals surface area contributed by atoms with Gasteiger partial charge in [-0.05, 0) is 0 Å². The van der Waals surface area contributed by atoms with Crippen molar-refractivity contribution in [3.8, 4) is 5.88 Å². The van der Waals surface area contributed by atoms with E-state index in [1.54, 1.807) is 7.05 Å². The molecule has 86 valence electrons. The number of anilines is 1. The van der Waals surface area contributed by atoms with Crippen LogP contribution in [0.5, 0.6) is 5.88 Å². The molecular formula is C8H10N4O4. The Morgan fingerprint density at radius 3 is 2.88 bits per heavy atom. The summed E-state index contributed by atoms with van der Waals surface area (Å²) in [5.74, 6) is 0.105. The van der Waals surface area contributed by atoms with Crippen LogP contribution >= 0.6 is 0 Å². The van der Waals surface area contributed by atoms with Crippen LogP contribution in [0, 0.1) is 10.1 Å². The lowest BCUT2D eigenvalue weighted by atomic mass is 10.3. The van der Waals surface area contributed by atoms with Gasteiger partial charge in [-0.1, -0.05) is 0 Å². The van der Waals surface area contributed by atoms with E-state index in [0.717, 1.165) is 0 Å². The minimum atomic E-state index is -0.569. The lowest BCUT2D eigenvalue weighted by molar-refractivity contribution is -0.385. The van der Waals surface area contributed by atoms with Crippen molar-refractivity contribution in [2.75, 3.05) is 25.6 Å². The lowest BCUT2D eigenvalue weighted by Crippen LogP contribution is -2.39. The fourth-order valence-corrected chi connectivity index (χ4v) is 1.24. The number of nitrogens with zero attached hydrogens (tertiary/aromatic N) is 3. The third-order valence-corrected chi connectivity index (χ3v) is 2.09. The second-order valence-corrected chi connectivity index (χ2v) is 3.16. The quantitative estimate of drug-likeness (QED) is 0.578. The highest BCUT2D eigenvalue weighted by atomic mass is 16.6. The largest absolute Gasteiger partial charge is 0.464 e.